The van der Waals surface area contributed by atoms with Crippen LogP contribution in [0, 0.1) is 16.0 Å². The van der Waals surface area contributed by atoms with Gasteiger partial charge in [0.25, 0.3) is 5.69 Å². The number of nitrogens with one attached hydrogen (secondary N) is 1. The lowest BCUT2D eigenvalue weighted by atomic mass is 10.0. The van der Waals surface area contributed by atoms with Crippen LogP contribution in [0.15, 0.2) is 48.5 Å². The van der Waals surface area contributed by atoms with Crippen molar-refractivity contribution < 1.29 is 14.5 Å². The maximum atomic E-state index is 12.4. The number of hydrogen-bond acceptors (Lipinski definition) is 4. The summed E-state index contributed by atoms with van der Waals surface area (Å²) in [5, 5.41) is 14.0. The summed E-state index contributed by atoms with van der Waals surface area (Å²) in [6.07, 6.45) is 5.07. The molecule has 0 heterocycles. The van der Waals surface area contributed by atoms with Gasteiger partial charge in [0.05, 0.1) is 18.1 Å². The number of halogens is 1. The Kier molecular flexibility index (Phi) is 5.76. The number of benzene rings is 2. The van der Waals surface area contributed by atoms with Gasteiger partial charge in [-0.1, -0.05) is 29.8 Å². The fourth-order valence-corrected chi connectivity index (χ4v) is 3.05. The van der Waals surface area contributed by atoms with E-state index in [0.29, 0.717) is 11.5 Å². The van der Waals surface area contributed by atoms with Crippen molar-refractivity contribution in [1.82, 2.24) is 5.32 Å². The summed E-state index contributed by atoms with van der Waals surface area (Å²) in [5.41, 5.74) is 1.38. The van der Waals surface area contributed by atoms with Crippen molar-refractivity contribution >= 4 is 29.3 Å². The molecule has 27 heavy (non-hydrogen) atoms. The van der Waals surface area contributed by atoms with Crippen LogP contribution in [0.5, 0.6) is 5.75 Å². The molecule has 1 fully saturated rings. The molecule has 140 valence electrons. The largest absolute Gasteiger partial charge is 0.497 e. The number of nitrogens with zero attached hydrogens (tertiary/aromatic N) is 1. The van der Waals surface area contributed by atoms with Crippen LogP contribution in [0.2, 0.25) is 5.02 Å². The van der Waals surface area contributed by atoms with Crippen LogP contribution in [-0.2, 0) is 4.79 Å². The molecule has 7 heteroatoms. The van der Waals surface area contributed by atoms with E-state index >= 15 is 0 Å². The quantitative estimate of drug-likeness (QED) is 0.430. The summed E-state index contributed by atoms with van der Waals surface area (Å²) in [4.78, 5) is 22.8. The van der Waals surface area contributed by atoms with Gasteiger partial charge in [0, 0.05) is 12.1 Å². The smallest absolute Gasteiger partial charge is 0.288 e. The summed E-state index contributed by atoms with van der Waals surface area (Å²) in [6, 6.07) is 12.0. The van der Waals surface area contributed by atoms with Gasteiger partial charge in [-0.15, -0.1) is 0 Å². The molecule has 0 bridgehead atoms. The number of nitro groups is 1. The summed E-state index contributed by atoms with van der Waals surface area (Å²) in [6.45, 7) is 0. The molecule has 2 aromatic rings. The van der Waals surface area contributed by atoms with E-state index in [0.717, 1.165) is 24.2 Å². The molecular weight excluding hydrogens is 368 g/mol. The molecule has 1 N–H and O–H groups in total. The molecule has 1 atom stereocenters. The van der Waals surface area contributed by atoms with Gasteiger partial charge in [-0.3, -0.25) is 14.9 Å². The number of ether oxygens (including phenoxy) is 1. The molecule has 0 radical (unpaired) electrons. The Morgan fingerprint density at radius 2 is 2.00 bits per heavy atom. The third-order valence-electron chi connectivity index (χ3n) is 4.46. The SMILES string of the molecule is COc1ccc(C(NC(=O)/C=C/c2ccc(Cl)c([N+](=O)[O-])c2)C2CC2)cc1. The topological polar surface area (TPSA) is 81.5 Å². The van der Waals surface area contributed by atoms with Crippen LogP contribution in [0.1, 0.15) is 30.0 Å². The Morgan fingerprint density at radius 3 is 2.59 bits per heavy atom. The number of nitro benzene ring substituents is 1. The summed E-state index contributed by atoms with van der Waals surface area (Å²) < 4.78 is 5.17. The van der Waals surface area contributed by atoms with Gasteiger partial charge in [0.2, 0.25) is 5.91 Å². The first-order chi connectivity index (χ1) is 13.0. The lowest BCUT2D eigenvalue weighted by Crippen LogP contribution is -2.28. The Morgan fingerprint density at radius 1 is 1.30 bits per heavy atom. The Balaban J connectivity index is 1.70. The fourth-order valence-electron chi connectivity index (χ4n) is 2.86. The minimum absolute atomic E-state index is 0.0624. The zero-order chi connectivity index (χ0) is 19.4. The van der Waals surface area contributed by atoms with Crippen molar-refractivity contribution in [1.29, 1.82) is 0 Å². The van der Waals surface area contributed by atoms with E-state index < -0.39 is 4.92 Å². The molecule has 0 spiro atoms. The second-order valence-electron chi connectivity index (χ2n) is 6.40. The zero-order valence-electron chi connectivity index (χ0n) is 14.7. The minimum atomic E-state index is -0.549. The van der Waals surface area contributed by atoms with Gasteiger partial charge in [0.15, 0.2) is 0 Å². The number of hydrogen-bond donors (Lipinski definition) is 1. The van der Waals surface area contributed by atoms with Crippen molar-refractivity contribution in [2.75, 3.05) is 7.11 Å². The first-order valence-electron chi connectivity index (χ1n) is 8.54. The lowest BCUT2D eigenvalue weighted by Gasteiger charge is -2.18. The molecule has 0 aromatic heterocycles. The minimum Gasteiger partial charge on any atom is -0.497 e. The molecule has 1 aliphatic carbocycles. The zero-order valence-corrected chi connectivity index (χ0v) is 15.5. The number of rotatable bonds is 7. The molecule has 1 amide bonds. The van der Waals surface area contributed by atoms with Gasteiger partial charge >= 0.3 is 0 Å². The van der Waals surface area contributed by atoms with Gasteiger partial charge in [-0.2, -0.15) is 0 Å². The second kappa shape index (κ2) is 8.22. The summed E-state index contributed by atoms with van der Waals surface area (Å²) in [7, 11) is 1.61. The monoisotopic (exact) mass is 386 g/mol. The molecule has 0 aliphatic heterocycles. The number of amides is 1. The van der Waals surface area contributed by atoms with E-state index in [1.807, 2.05) is 24.3 Å². The molecule has 0 saturated heterocycles. The number of methoxy groups -OCH3 is 1. The molecule has 6 nitrogen and oxygen atoms in total. The summed E-state index contributed by atoms with van der Waals surface area (Å²) in [5.74, 6) is 0.941. The average molecular weight is 387 g/mol. The molecule has 2 aromatic carbocycles. The molecular formula is C20H19ClN2O4. The van der Waals surface area contributed by atoms with Crippen LogP contribution in [0.3, 0.4) is 0 Å². The van der Waals surface area contributed by atoms with E-state index in [1.165, 1.54) is 24.3 Å². The van der Waals surface area contributed by atoms with Crippen LogP contribution >= 0.6 is 11.6 Å². The molecule has 3 rings (SSSR count). The summed E-state index contributed by atoms with van der Waals surface area (Å²) >= 11 is 5.80. The normalized spacial score (nSPS) is 14.7. The van der Waals surface area contributed by atoms with Crippen molar-refractivity contribution in [2.45, 2.75) is 18.9 Å². The van der Waals surface area contributed by atoms with Gasteiger partial charge in [-0.05, 0) is 54.2 Å². The van der Waals surface area contributed by atoms with E-state index in [1.54, 1.807) is 13.2 Å². The van der Waals surface area contributed by atoms with Gasteiger partial charge in [0.1, 0.15) is 10.8 Å². The predicted molar refractivity (Wildman–Crippen MR) is 104 cm³/mol. The molecule has 1 unspecified atom stereocenters. The van der Waals surface area contributed by atoms with Gasteiger partial charge < -0.3 is 10.1 Å². The van der Waals surface area contributed by atoms with Crippen LogP contribution in [-0.4, -0.2) is 17.9 Å². The van der Waals surface area contributed by atoms with Crippen molar-refractivity contribution in [3.05, 3.63) is 74.8 Å². The predicted octanol–water partition coefficient (Wildman–Crippen LogP) is 4.54. The maximum absolute atomic E-state index is 12.4. The highest BCUT2D eigenvalue weighted by molar-refractivity contribution is 6.32. The van der Waals surface area contributed by atoms with Crippen molar-refractivity contribution in [3.8, 4) is 5.75 Å². The highest BCUT2D eigenvalue weighted by atomic mass is 35.5. The lowest BCUT2D eigenvalue weighted by molar-refractivity contribution is -0.384. The Labute approximate surface area is 161 Å². The molecule has 1 aliphatic rings. The molecule has 1 saturated carbocycles. The number of carbonyl (C=O) groups excluding carboxylic acids is 1. The fraction of sp³-hybridized carbons (Fsp3) is 0.250. The highest BCUT2D eigenvalue weighted by Gasteiger charge is 2.33. The van der Waals surface area contributed by atoms with Crippen molar-refractivity contribution in [2.24, 2.45) is 5.92 Å². The Hall–Kier alpha value is -2.86. The number of carbonyl (C=O) groups is 1. The van der Waals surface area contributed by atoms with E-state index in [4.69, 9.17) is 16.3 Å². The second-order valence-corrected chi connectivity index (χ2v) is 6.81. The highest BCUT2D eigenvalue weighted by Crippen LogP contribution is 2.41. The van der Waals surface area contributed by atoms with Crippen LogP contribution in [0.4, 0.5) is 5.69 Å². The average Bonchev–Trinajstić information content (AvgIpc) is 3.50. The maximum Gasteiger partial charge on any atom is 0.288 e. The van der Waals surface area contributed by atoms with E-state index in [9.17, 15) is 14.9 Å². The van der Waals surface area contributed by atoms with Crippen LogP contribution < -0.4 is 10.1 Å². The van der Waals surface area contributed by atoms with E-state index in [-0.39, 0.29) is 22.7 Å². The first kappa shape index (κ1) is 18.9. The van der Waals surface area contributed by atoms with Crippen LogP contribution in [0.25, 0.3) is 6.08 Å². The first-order valence-corrected chi connectivity index (χ1v) is 8.92. The third kappa shape index (κ3) is 4.86. The van der Waals surface area contributed by atoms with Crippen molar-refractivity contribution in [3.63, 3.8) is 0 Å². The standard InChI is InChI=1S/C20H19ClN2O4/c1-27-16-8-6-15(7-9-16)20(14-4-5-14)22-19(24)11-3-13-2-10-17(21)18(12-13)23(25)26/h2-3,6-12,14,20H,4-5H2,1H3,(H,22,24)/b11-3+. The third-order valence-corrected chi connectivity index (χ3v) is 4.78. The van der Waals surface area contributed by atoms with E-state index in [2.05, 4.69) is 5.32 Å². The van der Waals surface area contributed by atoms with Gasteiger partial charge in [-0.25, -0.2) is 0 Å². The Bertz CT molecular complexity index is 876.